The van der Waals surface area contributed by atoms with Crippen molar-refractivity contribution in [1.82, 2.24) is 20.2 Å². The van der Waals surface area contributed by atoms with Crippen LogP contribution in [-0.2, 0) is 20.9 Å². The van der Waals surface area contributed by atoms with Gasteiger partial charge >= 0.3 is 0 Å². The topological polar surface area (TPSA) is 79.5 Å². The first-order valence-electron chi connectivity index (χ1n) is 9.13. The van der Waals surface area contributed by atoms with Gasteiger partial charge < -0.3 is 24.7 Å². The predicted octanol–water partition coefficient (Wildman–Crippen LogP) is 1.22. The van der Waals surface area contributed by atoms with Crippen molar-refractivity contribution < 1.29 is 14.3 Å². The summed E-state index contributed by atoms with van der Waals surface area (Å²) in [6, 6.07) is 6.44. The molecule has 4 atom stereocenters. The second kappa shape index (κ2) is 6.98. The standard InChI is InChI=1S/C19H26N4O3/c1-11-4-5-13-14(8-11)21-15(20-13)9-25-10-16(24)22-17-12-6-7-26-19(12)18(17)23(2)3/h4-5,8,12,17-19H,6-7,9-10H2,1-3H3,(H,20,21)(H,22,24)/t12-,17+,18-,19-/m1/s1. The molecule has 1 aromatic heterocycles. The van der Waals surface area contributed by atoms with Crippen LogP contribution in [0.15, 0.2) is 18.2 Å². The number of fused-ring (bicyclic) bond motifs is 2. The lowest BCUT2D eigenvalue weighted by Gasteiger charge is -2.50. The highest BCUT2D eigenvalue weighted by atomic mass is 16.5. The molecule has 7 nitrogen and oxygen atoms in total. The van der Waals surface area contributed by atoms with Crippen molar-refractivity contribution >= 4 is 16.9 Å². The fourth-order valence-corrected chi connectivity index (χ4v) is 4.20. The first-order chi connectivity index (χ1) is 12.5. The van der Waals surface area contributed by atoms with Crippen molar-refractivity contribution in [3.8, 4) is 0 Å². The van der Waals surface area contributed by atoms with Gasteiger partial charge in [-0.25, -0.2) is 4.98 Å². The van der Waals surface area contributed by atoms with E-state index < -0.39 is 0 Å². The fraction of sp³-hybridized carbons (Fsp3) is 0.579. The number of hydrogen-bond donors (Lipinski definition) is 2. The molecule has 1 aliphatic heterocycles. The maximum atomic E-state index is 12.3. The molecule has 0 unspecified atom stereocenters. The number of ether oxygens (including phenoxy) is 2. The SMILES string of the molecule is Cc1ccc2nc(COCC(=O)N[C@H]3[C@H]4CCO[C@H]4[C@@H]3N(C)C)[nH]c2c1. The number of carbonyl (C=O) groups excluding carboxylic acids is 1. The Hall–Kier alpha value is -1.96. The third-order valence-corrected chi connectivity index (χ3v) is 5.43. The van der Waals surface area contributed by atoms with Crippen LogP contribution in [0.2, 0.25) is 0 Å². The first kappa shape index (κ1) is 17.5. The van der Waals surface area contributed by atoms with Gasteiger partial charge in [0.15, 0.2) is 0 Å². The number of rotatable bonds is 6. The van der Waals surface area contributed by atoms with E-state index in [2.05, 4.69) is 26.3 Å². The summed E-state index contributed by atoms with van der Waals surface area (Å²) in [5, 5.41) is 3.12. The predicted molar refractivity (Wildman–Crippen MR) is 97.7 cm³/mol. The van der Waals surface area contributed by atoms with Gasteiger partial charge in [0.05, 0.1) is 29.2 Å². The Morgan fingerprint density at radius 3 is 3.12 bits per heavy atom. The number of aromatic nitrogens is 2. The van der Waals surface area contributed by atoms with Crippen molar-refractivity contribution in [2.24, 2.45) is 5.92 Å². The van der Waals surface area contributed by atoms with Gasteiger partial charge in [0.1, 0.15) is 19.0 Å². The zero-order valence-corrected chi connectivity index (χ0v) is 15.5. The van der Waals surface area contributed by atoms with E-state index >= 15 is 0 Å². The van der Waals surface area contributed by atoms with Gasteiger partial charge in [-0.3, -0.25) is 4.79 Å². The van der Waals surface area contributed by atoms with Gasteiger partial charge in [0, 0.05) is 12.5 Å². The molecule has 7 heteroatoms. The number of likely N-dealkylation sites (N-methyl/N-ethyl adjacent to an activating group) is 1. The Kier molecular flexibility index (Phi) is 4.69. The van der Waals surface area contributed by atoms with Gasteiger partial charge in [0.25, 0.3) is 0 Å². The number of amides is 1. The summed E-state index contributed by atoms with van der Waals surface area (Å²) in [5.74, 6) is 1.07. The van der Waals surface area contributed by atoms with Crippen molar-refractivity contribution in [1.29, 1.82) is 0 Å². The van der Waals surface area contributed by atoms with E-state index in [-0.39, 0.29) is 37.3 Å². The normalized spacial score (nSPS) is 27.5. The number of hydrogen-bond acceptors (Lipinski definition) is 5. The van der Waals surface area contributed by atoms with E-state index in [1.54, 1.807) is 0 Å². The lowest BCUT2D eigenvalue weighted by Crippen LogP contribution is -2.69. The highest BCUT2D eigenvalue weighted by Gasteiger charge is 2.55. The third kappa shape index (κ3) is 3.22. The maximum Gasteiger partial charge on any atom is 0.246 e. The zero-order valence-electron chi connectivity index (χ0n) is 15.5. The van der Waals surface area contributed by atoms with Crippen molar-refractivity contribution in [2.45, 2.75) is 38.1 Å². The summed E-state index contributed by atoms with van der Waals surface area (Å²) in [5.41, 5.74) is 3.08. The summed E-state index contributed by atoms with van der Waals surface area (Å²) in [7, 11) is 4.06. The van der Waals surface area contributed by atoms with Crippen LogP contribution in [0.3, 0.4) is 0 Å². The molecule has 0 bridgehead atoms. The fourth-order valence-electron chi connectivity index (χ4n) is 4.20. The quantitative estimate of drug-likeness (QED) is 0.812. The monoisotopic (exact) mass is 358 g/mol. The largest absolute Gasteiger partial charge is 0.376 e. The smallest absolute Gasteiger partial charge is 0.246 e. The Morgan fingerprint density at radius 1 is 1.46 bits per heavy atom. The number of nitrogens with one attached hydrogen (secondary N) is 2. The second-order valence-electron chi connectivity index (χ2n) is 7.53. The van der Waals surface area contributed by atoms with Crippen molar-refractivity contribution in [3.63, 3.8) is 0 Å². The summed E-state index contributed by atoms with van der Waals surface area (Å²) in [4.78, 5) is 22.1. The maximum absolute atomic E-state index is 12.3. The molecule has 4 rings (SSSR count). The van der Waals surface area contributed by atoms with Crippen LogP contribution < -0.4 is 5.32 Å². The molecule has 1 saturated carbocycles. The summed E-state index contributed by atoms with van der Waals surface area (Å²) >= 11 is 0. The van der Waals surface area contributed by atoms with Crippen LogP contribution in [0, 0.1) is 12.8 Å². The minimum Gasteiger partial charge on any atom is -0.376 e. The molecule has 2 N–H and O–H groups in total. The van der Waals surface area contributed by atoms with Crippen LogP contribution in [0.25, 0.3) is 11.0 Å². The van der Waals surface area contributed by atoms with Gasteiger partial charge in [-0.15, -0.1) is 0 Å². The highest BCUT2D eigenvalue weighted by molar-refractivity contribution is 5.78. The molecule has 1 saturated heterocycles. The summed E-state index contributed by atoms with van der Waals surface area (Å²) < 4.78 is 11.3. The third-order valence-electron chi connectivity index (χ3n) is 5.43. The number of benzene rings is 1. The first-order valence-corrected chi connectivity index (χ1v) is 9.13. The van der Waals surface area contributed by atoms with E-state index in [1.807, 2.05) is 33.2 Å². The number of carbonyl (C=O) groups is 1. The number of aromatic amines is 1. The Morgan fingerprint density at radius 2 is 2.31 bits per heavy atom. The number of H-pyrrole nitrogens is 1. The van der Waals surface area contributed by atoms with Gasteiger partial charge in [0.2, 0.25) is 5.91 Å². The molecular formula is C19H26N4O3. The van der Waals surface area contributed by atoms with Gasteiger partial charge in [-0.1, -0.05) is 6.07 Å². The minimum atomic E-state index is -0.0841. The van der Waals surface area contributed by atoms with Crippen molar-refractivity contribution in [3.05, 3.63) is 29.6 Å². The van der Waals surface area contributed by atoms with Crippen LogP contribution in [0.4, 0.5) is 0 Å². The lowest BCUT2D eigenvalue weighted by atomic mass is 9.71. The molecule has 140 valence electrons. The van der Waals surface area contributed by atoms with Crippen LogP contribution >= 0.6 is 0 Å². The van der Waals surface area contributed by atoms with E-state index in [9.17, 15) is 4.79 Å². The lowest BCUT2D eigenvalue weighted by molar-refractivity contribution is -0.132. The number of aryl methyl sites for hydroxylation is 1. The highest BCUT2D eigenvalue weighted by Crippen LogP contribution is 2.41. The second-order valence-corrected chi connectivity index (χ2v) is 7.53. The molecule has 2 aromatic rings. The number of imidazole rings is 1. The average Bonchev–Trinajstić information content (AvgIpc) is 3.16. The van der Waals surface area contributed by atoms with E-state index in [0.717, 1.165) is 29.9 Å². The zero-order chi connectivity index (χ0) is 18.3. The van der Waals surface area contributed by atoms with E-state index in [4.69, 9.17) is 9.47 Å². The number of nitrogens with zero attached hydrogens (tertiary/aromatic N) is 2. The summed E-state index contributed by atoms with van der Waals surface area (Å²) in [6.07, 6.45) is 1.26. The van der Waals surface area contributed by atoms with Crippen LogP contribution in [-0.4, -0.2) is 66.3 Å². The molecule has 2 fully saturated rings. The molecule has 1 aromatic carbocycles. The van der Waals surface area contributed by atoms with Crippen molar-refractivity contribution in [2.75, 3.05) is 27.3 Å². The summed E-state index contributed by atoms with van der Waals surface area (Å²) in [6.45, 7) is 3.15. The molecule has 2 aliphatic rings. The molecule has 1 aliphatic carbocycles. The Bertz CT molecular complexity index is 803. The molecule has 1 amide bonds. The Balaban J connectivity index is 1.28. The van der Waals surface area contributed by atoms with Crippen LogP contribution in [0.5, 0.6) is 0 Å². The molecule has 0 spiro atoms. The Labute approximate surface area is 153 Å². The molecular weight excluding hydrogens is 332 g/mol. The average molecular weight is 358 g/mol. The van der Waals surface area contributed by atoms with Gasteiger partial charge in [-0.2, -0.15) is 0 Å². The molecule has 26 heavy (non-hydrogen) atoms. The molecule has 0 radical (unpaired) electrons. The van der Waals surface area contributed by atoms with Gasteiger partial charge in [-0.05, 0) is 45.1 Å². The molecule has 2 heterocycles. The van der Waals surface area contributed by atoms with E-state index in [0.29, 0.717) is 5.92 Å². The van der Waals surface area contributed by atoms with Crippen LogP contribution in [0.1, 0.15) is 17.8 Å². The van der Waals surface area contributed by atoms with E-state index in [1.165, 1.54) is 5.56 Å². The minimum absolute atomic E-state index is 0.0327.